The van der Waals surface area contributed by atoms with E-state index in [2.05, 4.69) is 5.10 Å². The van der Waals surface area contributed by atoms with Crippen molar-refractivity contribution < 1.29 is 14.7 Å². The lowest BCUT2D eigenvalue weighted by Gasteiger charge is -2.22. The third kappa shape index (κ3) is 3.80. The van der Waals surface area contributed by atoms with E-state index in [1.54, 1.807) is 11.0 Å². The number of carbonyl (C=O) groups is 2. The monoisotopic (exact) mass is 349 g/mol. The quantitative estimate of drug-likeness (QED) is 0.740. The van der Waals surface area contributed by atoms with Crippen LogP contribution >= 0.6 is 0 Å². The molecule has 6 heteroatoms. The first-order valence-corrected chi connectivity index (χ1v) is 8.25. The van der Waals surface area contributed by atoms with Crippen LogP contribution in [0.2, 0.25) is 0 Å². The molecule has 132 valence electrons. The minimum Gasteiger partial charge on any atom is -0.480 e. The first kappa shape index (κ1) is 17.4. The first-order valence-electron chi connectivity index (χ1n) is 8.25. The molecule has 26 heavy (non-hydrogen) atoms. The van der Waals surface area contributed by atoms with E-state index in [4.69, 9.17) is 5.11 Å². The molecule has 0 aliphatic carbocycles. The van der Waals surface area contributed by atoms with Gasteiger partial charge in [0.15, 0.2) is 5.69 Å². The van der Waals surface area contributed by atoms with Crippen LogP contribution in [0.25, 0.3) is 0 Å². The molecular weight excluding hydrogens is 330 g/mol. The number of hydrogen-bond donors (Lipinski definition) is 1. The molecule has 2 aromatic carbocycles. The first-order chi connectivity index (χ1) is 12.6. The van der Waals surface area contributed by atoms with Crippen LogP contribution in [-0.4, -0.2) is 26.8 Å². The highest BCUT2D eigenvalue weighted by Gasteiger charge is 2.22. The number of amides is 1. The van der Waals surface area contributed by atoms with Gasteiger partial charge in [-0.2, -0.15) is 5.10 Å². The molecule has 1 amide bonds. The third-order valence-electron chi connectivity index (χ3n) is 4.08. The minimum absolute atomic E-state index is 0.206. The summed E-state index contributed by atoms with van der Waals surface area (Å²) in [6.07, 6.45) is 1.51. The Morgan fingerprint density at radius 1 is 1.04 bits per heavy atom. The summed E-state index contributed by atoms with van der Waals surface area (Å²) in [6.45, 7) is 1.91. The number of anilines is 1. The molecule has 0 bridgehead atoms. The summed E-state index contributed by atoms with van der Waals surface area (Å²) in [5.74, 6) is -1.28. The molecule has 3 aromatic rings. The summed E-state index contributed by atoms with van der Waals surface area (Å²) in [4.78, 5) is 25.8. The van der Waals surface area contributed by atoms with Crippen LogP contribution in [0.4, 0.5) is 5.69 Å². The van der Waals surface area contributed by atoms with Gasteiger partial charge in [-0.05, 0) is 30.7 Å². The number of carboxylic acid groups (broad SMARTS) is 1. The Labute approximate surface area is 151 Å². The maximum Gasteiger partial charge on any atom is 0.328 e. The van der Waals surface area contributed by atoms with Gasteiger partial charge in [0, 0.05) is 11.9 Å². The normalized spacial score (nSPS) is 11.7. The van der Waals surface area contributed by atoms with E-state index in [0.29, 0.717) is 6.54 Å². The number of carboxylic acids is 1. The molecule has 0 saturated heterocycles. The van der Waals surface area contributed by atoms with Gasteiger partial charge >= 0.3 is 5.97 Å². The number of aromatic nitrogens is 2. The zero-order valence-electron chi connectivity index (χ0n) is 14.3. The molecule has 1 N–H and O–H groups in total. The van der Waals surface area contributed by atoms with Gasteiger partial charge in [-0.1, -0.05) is 48.5 Å². The van der Waals surface area contributed by atoms with Crippen molar-refractivity contribution in [1.29, 1.82) is 0 Å². The van der Waals surface area contributed by atoms with Gasteiger partial charge in [0.05, 0.1) is 6.54 Å². The van der Waals surface area contributed by atoms with Crippen LogP contribution in [0.5, 0.6) is 0 Å². The SMILES string of the molecule is CC(C(=O)O)n1ccc(C(=O)N(Cc2ccccc2)c2ccccc2)n1. The van der Waals surface area contributed by atoms with E-state index in [0.717, 1.165) is 11.3 Å². The second-order valence-electron chi connectivity index (χ2n) is 5.91. The van der Waals surface area contributed by atoms with Crippen molar-refractivity contribution >= 4 is 17.6 Å². The number of rotatable bonds is 6. The lowest BCUT2D eigenvalue weighted by atomic mass is 10.2. The molecule has 6 nitrogen and oxygen atoms in total. The summed E-state index contributed by atoms with van der Waals surface area (Å²) < 4.78 is 1.28. The Balaban J connectivity index is 1.91. The largest absolute Gasteiger partial charge is 0.480 e. The predicted octanol–water partition coefficient (Wildman–Crippen LogP) is 3.38. The highest BCUT2D eigenvalue weighted by Crippen LogP contribution is 2.20. The molecule has 0 fully saturated rings. The lowest BCUT2D eigenvalue weighted by molar-refractivity contribution is -0.140. The molecule has 3 rings (SSSR count). The molecule has 1 heterocycles. The van der Waals surface area contributed by atoms with Gasteiger partial charge in [0.2, 0.25) is 0 Å². The maximum absolute atomic E-state index is 13.1. The van der Waals surface area contributed by atoms with Crippen molar-refractivity contribution in [3.63, 3.8) is 0 Å². The average molecular weight is 349 g/mol. The Bertz CT molecular complexity index is 891. The van der Waals surface area contributed by atoms with Crippen LogP contribution in [0.15, 0.2) is 72.9 Å². The molecule has 0 radical (unpaired) electrons. The van der Waals surface area contributed by atoms with Gasteiger partial charge in [0.1, 0.15) is 6.04 Å². The zero-order chi connectivity index (χ0) is 18.5. The molecule has 0 aliphatic rings. The highest BCUT2D eigenvalue weighted by atomic mass is 16.4. The molecule has 1 unspecified atom stereocenters. The fourth-order valence-corrected chi connectivity index (χ4v) is 2.57. The van der Waals surface area contributed by atoms with E-state index < -0.39 is 12.0 Å². The Kier molecular flexibility index (Phi) is 5.12. The Hall–Kier alpha value is -3.41. The van der Waals surface area contributed by atoms with E-state index in [9.17, 15) is 9.59 Å². The smallest absolute Gasteiger partial charge is 0.328 e. The van der Waals surface area contributed by atoms with Crippen molar-refractivity contribution in [2.75, 3.05) is 4.90 Å². The van der Waals surface area contributed by atoms with Crippen LogP contribution in [0, 0.1) is 0 Å². The topological polar surface area (TPSA) is 75.4 Å². The van der Waals surface area contributed by atoms with E-state index >= 15 is 0 Å². The second-order valence-corrected chi connectivity index (χ2v) is 5.91. The van der Waals surface area contributed by atoms with E-state index in [1.807, 2.05) is 60.7 Å². The van der Waals surface area contributed by atoms with Crippen molar-refractivity contribution in [3.05, 3.63) is 84.2 Å². The predicted molar refractivity (Wildman–Crippen MR) is 98.0 cm³/mol. The molecule has 1 atom stereocenters. The number of nitrogens with zero attached hydrogens (tertiary/aromatic N) is 3. The maximum atomic E-state index is 13.1. The summed E-state index contributed by atoms with van der Waals surface area (Å²) in [5, 5.41) is 13.3. The average Bonchev–Trinajstić information content (AvgIpc) is 3.16. The van der Waals surface area contributed by atoms with Gasteiger partial charge in [0.25, 0.3) is 5.91 Å². The Morgan fingerprint density at radius 2 is 1.65 bits per heavy atom. The number of carbonyl (C=O) groups excluding carboxylic acids is 1. The third-order valence-corrected chi connectivity index (χ3v) is 4.08. The van der Waals surface area contributed by atoms with Crippen LogP contribution in [0.3, 0.4) is 0 Å². The summed E-state index contributed by atoms with van der Waals surface area (Å²) in [6, 6.07) is 19.7. The van der Waals surface area contributed by atoms with Crippen LogP contribution in [0.1, 0.15) is 29.0 Å². The van der Waals surface area contributed by atoms with E-state index in [-0.39, 0.29) is 11.6 Å². The van der Waals surface area contributed by atoms with E-state index in [1.165, 1.54) is 17.8 Å². The molecule has 0 aliphatic heterocycles. The second kappa shape index (κ2) is 7.65. The highest BCUT2D eigenvalue weighted by molar-refractivity contribution is 6.04. The summed E-state index contributed by atoms with van der Waals surface area (Å²) in [5.41, 5.74) is 1.95. The van der Waals surface area contributed by atoms with Gasteiger partial charge in [-0.3, -0.25) is 9.48 Å². The lowest BCUT2D eigenvalue weighted by Crippen LogP contribution is -2.31. The standard InChI is InChI=1S/C20H19N3O3/c1-15(20(25)26)23-13-12-18(21-23)19(24)22(17-10-6-3-7-11-17)14-16-8-4-2-5-9-16/h2-13,15H,14H2,1H3,(H,25,26). The number of para-hydroxylation sites is 1. The number of benzene rings is 2. The van der Waals surface area contributed by atoms with Gasteiger partial charge in [-0.15, -0.1) is 0 Å². The minimum atomic E-state index is -1.00. The van der Waals surface area contributed by atoms with Crippen molar-refractivity contribution in [1.82, 2.24) is 9.78 Å². The summed E-state index contributed by atoms with van der Waals surface area (Å²) in [7, 11) is 0. The van der Waals surface area contributed by atoms with Crippen LogP contribution < -0.4 is 4.90 Å². The number of aliphatic carboxylic acids is 1. The summed E-state index contributed by atoms with van der Waals surface area (Å²) >= 11 is 0. The molecule has 0 saturated carbocycles. The fraction of sp³-hybridized carbons (Fsp3) is 0.150. The fourth-order valence-electron chi connectivity index (χ4n) is 2.57. The Morgan fingerprint density at radius 3 is 2.27 bits per heavy atom. The zero-order valence-corrected chi connectivity index (χ0v) is 14.3. The van der Waals surface area contributed by atoms with Crippen LogP contribution in [-0.2, 0) is 11.3 Å². The van der Waals surface area contributed by atoms with Crippen molar-refractivity contribution in [2.45, 2.75) is 19.5 Å². The van der Waals surface area contributed by atoms with Crippen molar-refractivity contribution in [3.8, 4) is 0 Å². The molecule has 1 aromatic heterocycles. The van der Waals surface area contributed by atoms with Crippen molar-refractivity contribution in [2.24, 2.45) is 0 Å². The van der Waals surface area contributed by atoms with Gasteiger partial charge in [-0.25, -0.2) is 4.79 Å². The molecular formula is C20H19N3O3. The number of hydrogen-bond acceptors (Lipinski definition) is 3. The van der Waals surface area contributed by atoms with Gasteiger partial charge < -0.3 is 10.0 Å². The molecule has 0 spiro atoms.